The van der Waals surface area contributed by atoms with E-state index >= 15 is 0 Å². The van der Waals surface area contributed by atoms with Crippen LogP contribution in [0.3, 0.4) is 0 Å². The molecule has 0 radical (unpaired) electrons. The summed E-state index contributed by atoms with van der Waals surface area (Å²) in [5, 5.41) is 3.30. The number of anilines is 2. The second kappa shape index (κ2) is 11.0. The van der Waals surface area contributed by atoms with Gasteiger partial charge in [-0.2, -0.15) is 4.31 Å². The Hall–Kier alpha value is -1.02. The van der Waals surface area contributed by atoms with Gasteiger partial charge in [0, 0.05) is 19.6 Å². The molecule has 0 amide bonds. The van der Waals surface area contributed by atoms with Crippen LogP contribution >= 0.6 is 12.4 Å². The van der Waals surface area contributed by atoms with Gasteiger partial charge in [-0.1, -0.05) is 20.3 Å². The van der Waals surface area contributed by atoms with Gasteiger partial charge < -0.3 is 16.0 Å². The van der Waals surface area contributed by atoms with Gasteiger partial charge in [-0.3, -0.25) is 0 Å². The molecular weight excluding hydrogens is 372 g/mol. The molecule has 0 bridgehead atoms. The Morgan fingerprint density at radius 1 is 1.15 bits per heavy atom. The highest BCUT2D eigenvalue weighted by molar-refractivity contribution is 7.89. The van der Waals surface area contributed by atoms with E-state index in [0.29, 0.717) is 29.4 Å². The first-order valence-corrected chi connectivity index (χ1v) is 10.8. The molecule has 0 saturated carbocycles. The van der Waals surface area contributed by atoms with E-state index in [4.69, 9.17) is 5.73 Å². The van der Waals surface area contributed by atoms with Crippen molar-refractivity contribution in [3.05, 3.63) is 18.2 Å². The topological polar surface area (TPSA) is 78.7 Å². The molecule has 1 aromatic rings. The molecule has 0 aliphatic carbocycles. The summed E-state index contributed by atoms with van der Waals surface area (Å²) in [6.07, 6.45) is 3.96. The molecule has 8 heteroatoms. The first-order chi connectivity index (χ1) is 12.0. The van der Waals surface area contributed by atoms with Crippen LogP contribution in [-0.2, 0) is 10.0 Å². The van der Waals surface area contributed by atoms with Crippen molar-refractivity contribution >= 4 is 33.8 Å². The second-order valence-electron chi connectivity index (χ2n) is 6.52. The molecule has 1 fully saturated rings. The molecule has 6 nitrogen and oxygen atoms in total. The fourth-order valence-corrected chi connectivity index (χ4v) is 4.71. The third-order valence-electron chi connectivity index (χ3n) is 4.84. The van der Waals surface area contributed by atoms with E-state index in [1.165, 1.54) is 0 Å². The highest BCUT2D eigenvalue weighted by Crippen LogP contribution is 2.26. The van der Waals surface area contributed by atoms with E-state index in [-0.39, 0.29) is 12.4 Å². The van der Waals surface area contributed by atoms with Crippen LogP contribution in [0.25, 0.3) is 0 Å². The number of halogens is 1. The summed E-state index contributed by atoms with van der Waals surface area (Å²) in [6.45, 7) is 9.41. The Morgan fingerprint density at radius 3 is 2.42 bits per heavy atom. The molecule has 0 spiro atoms. The number of nitrogen functional groups attached to an aromatic ring is 1. The third kappa shape index (κ3) is 6.01. The monoisotopic (exact) mass is 404 g/mol. The highest BCUT2D eigenvalue weighted by Gasteiger charge is 2.26. The smallest absolute Gasteiger partial charge is 0.243 e. The van der Waals surface area contributed by atoms with Crippen molar-refractivity contribution in [2.45, 2.75) is 44.4 Å². The predicted octanol–water partition coefficient (Wildman–Crippen LogP) is 3.01. The van der Waals surface area contributed by atoms with Crippen LogP contribution in [-0.4, -0.2) is 56.9 Å². The number of nitrogens with zero attached hydrogens (tertiary/aromatic N) is 2. The first kappa shape index (κ1) is 23.0. The maximum absolute atomic E-state index is 12.8. The first-order valence-electron chi connectivity index (χ1n) is 9.35. The average molecular weight is 405 g/mol. The minimum absolute atomic E-state index is 0. The number of rotatable bonds is 9. The molecule has 3 N–H and O–H groups in total. The Kier molecular flexibility index (Phi) is 9.71. The summed E-state index contributed by atoms with van der Waals surface area (Å²) >= 11 is 0. The number of sulfonamides is 1. The van der Waals surface area contributed by atoms with E-state index < -0.39 is 10.0 Å². The summed E-state index contributed by atoms with van der Waals surface area (Å²) in [6, 6.07) is 4.97. The van der Waals surface area contributed by atoms with E-state index in [9.17, 15) is 8.42 Å². The van der Waals surface area contributed by atoms with Gasteiger partial charge in [0.1, 0.15) is 0 Å². The van der Waals surface area contributed by atoms with Crippen LogP contribution in [0.5, 0.6) is 0 Å². The molecule has 1 saturated heterocycles. The summed E-state index contributed by atoms with van der Waals surface area (Å²) in [7, 11) is -3.42. The number of benzene rings is 1. The lowest BCUT2D eigenvalue weighted by Crippen LogP contribution is -2.35. The van der Waals surface area contributed by atoms with Gasteiger partial charge in [0.15, 0.2) is 0 Å². The molecular formula is C18H33ClN4O2S. The fraction of sp³-hybridized carbons (Fsp3) is 0.667. The summed E-state index contributed by atoms with van der Waals surface area (Å²) < 4.78 is 27.2. The van der Waals surface area contributed by atoms with Crippen molar-refractivity contribution in [1.29, 1.82) is 0 Å². The van der Waals surface area contributed by atoms with Crippen molar-refractivity contribution in [3.63, 3.8) is 0 Å². The second-order valence-corrected chi connectivity index (χ2v) is 8.46. The highest BCUT2D eigenvalue weighted by atomic mass is 35.5. The molecule has 26 heavy (non-hydrogen) atoms. The maximum atomic E-state index is 12.8. The normalized spacial score (nSPS) is 15.7. The van der Waals surface area contributed by atoms with Gasteiger partial charge in [-0.15, -0.1) is 12.4 Å². The van der Waals surface area contributed by atoms with E-state index in [1.807, 2.05) is 0 Å². The minimum Gasteiger partial charge on any atom is -0.397 e. The van der Waals surface area contributed by atoms with Gasteiger partial charge in [-0.05, 0) is 57.1 Å². The van der Waals surface area contributed by atoms with Crippen LogP contribution in [0.2, 0.25) is 0 Å². The molecule has 1 heterocycles. The number of piperidine rings is 1. The van der Waals surface area contributed by atoms with Gasteiger partial charge in [0.2, 0.25) is 10.0 Å². The van der Waals surface area contributed by atoms with Crippen molar-refractivity contribution in [3.8, 4) is 0 Å². The number of nitrogens with two attached hydrogens (primary N) is 1. The largest absolute Gasteiger partial charge is 0.397 e. The molecule has 150 valence electrons. The zero-order valence-corrected chi connectivity index (χ0v) is 17.5. The van der Waals surface area contributed by atoms with Crippen molar-refractivity contribution in [2.24, 2.45) is 0 Å². The van der Waals surface area contributed by atoms with Gasteiger partial charge >= 0.3 is 0 Å². The van der Waals surface area contributed by atoms with Crippen LogP contribution in [0.15, 0.2) is 23.1 Å². The fourth-order valence-electron chi connectivity index (χ4n) is 3.17. The average Bonchev–Trinajstić information content (AvgIpc) is 2.63. The van der Waals surface area contributed by atoms with E-state index in [2.05, 4.69) is 24.1 Å². The number of hydrogen-bond donors (Lipinski definition) is 2. The lowest BCUT2D eigenvalue weighted by molar-refractivity contribution is 0.303. The zero-order valence-electron chi connectivity index (χ0n) is 15.9. The maximum Gasteiger partial charge on any atom is 0.243 e. The molecule has 1 aromatic carbocycles. The summed E-state index contributed by atoms with van der Waals surface area (Å²) in [5.74, 6) is 0. The quantitative estimate of drug-likeness (QED) is 0.488. The van der Waals surface area contributed by atoms with Crippen molar-refractivity contribution < 1.29 is 8.42 Å². The zero-order chi connectivity index (χ0) is 18.3. The molecule has 1 aliphatic heterocycles. The summed E-state index contributed by atoms with van der Waals surface area (Å²) in [5.41, 5.74) is 7.31. The summed E-state index contributed by atoms with van der Waals surface area (Å²) in [4.78, 5) is 2.69. The molecule has 1 aliphatic rings. The molecule has 0 atom stereocenters. The van der Waals surface area contributed by atoms with Crippen LogP contribution in [0.1, 0.15) is 39.5 Å². The standard InChI is InChI=1S/C18H32N4O2S.ClH/c1-3-21(4-2)12-8-11-20-18-15-16(9-10-17(18)19)25(23,24)22-13-6-5-7-14-22;/h9-10,15,20H,3-8,11-14,19H2,1-2H3;1H. The lowest BCUT2D eigenvalue weighted by atomic mass is 10.2. The van der Waals surface area contributed by atoms with Crippen LogP contribution in [0.4, 0.5) is 11.4 Å². The Labute approximate surface area is 164 Å². The van der Waals surface area contributed by atoms with Gasteiger partial charge in [0.05, 0.1) is 16.3 Å². The minimum atomic E-state index is -3.42. The number of nitrogens with one attached hydrogen (secondary N) is 1. The van der Waals surface area contributed by atoms with Crippen molar-refractivity contribution in [2.75, 3.05) is 50.3 Å². The van der Waals surface area contributed by atoms with E-state index in [0.717, 1.165) is 51.9 Å². The van der Waals surface area contributed by atoms with Crippen LogP contribution in [0, 0.1) is 0 Å². The molecule has 0 aromatic heterocycles. The Balaban J connectivity index is 0.00000338. The SMILES string of the molecule is CCN(CC)CCCNc1cc(S(=O)(=O)N2CCCCC2)ccc1N.Cl. The molecule has 2 rings (SSSR count). The van der Waals surface area contributed by atoms with E-state index in [1.54, 1.807) is 22.5 Å². The van der Waals surface area contributed by atoms with Crippen LogP contribution < -0.4 is 11.1 Å². The Bertz CT molecular complexity index is 645. The van der Waals surface area contributed by atoms with Gasteiger partial charge in [0.25, 0.3) is 0 Å². The molecule has 0 unspecified atom stereocenters. The lowest BCUT2D eigenvalue weighted by Gasteiger charge is -2.26. The van der Waals surface area contributed by atoms with Crippen molar-refractivity contribution in [1.82, 2.24) is 9.21 Å². The predicted molar refractivity (Wildman–Crippen MR) is 112 cm³/mol. The Morgan fingerprint density at radius 2 is 1.81 bits per heavy atom. The van der Waals surface area contributed by atoms with Gasteiger partial charge in [-0.25, -0.2) is 8.42 Å². The third-order valence-corrected chi connectivity index (χ3v) is 6.73. The number of hydrogen-bond acceptors (Lipinski definition) is 5.